The van der Waals surface area contributed by atoms with Gasteiger partial charge in [0.1, 0.15) is 11.5 Å². The van der Waals surface area contributed by atoms with Crippen molar-refractivity contribution in [2.45, 2.75) is 5.12 Å². The van der Waals surface area contributed by atoms with Crippen LogP contribution < -0.4 is 9.05 Å². The first kappa shape index (κ1) is 16.6. The number of para-hydroxylation sites is 2. The van der Waals surface area contributed by atoms with E-state index in [1.807, 2.05) is 30.3 Å². The predicted octanol–water partition coefficient (Wildman–Crippen LogP) is 6.28. The highest BCUT2D eigenvalue weighted by molar-refractivity contribution is 7.56. The monoisotopic (exact) mass is 358 g/mol. The third-order valence-electron chi connectivity index (χ3n) is 3.30. The summed E-state index contributed by atoms with van der Waals surface area (Å²) >= 11 is 6.50. The fraction of sp³-hybridized carbons (Fsp3) is 0.0526. The molecular weight excluding hydrogens is 343 g/mol. The Balaban J connectivity index is 1.95. The lowest BCUT2D eigenvalue weighted by Gasteiger charge is -2.24. The van der Waals surface area contributed by atoms with E-state index in [4.69, 9.17) is 20.6 Å². The van der Waals surface area contributed by atoms with Crippen LogP contribution in [-0.2, 0) is 4.57 Å². The molecule has 1 atom stereocenters. The molecule has 0 amide bonds. The summed E-state index contributed by atoms with van der Waals surface area (Å²) in [5.41, 5.74) is 0.675. The molecule has 0 spiro atoms. The lowest BCUT2D eigenvalue weighted by atomic mass is 10.2. The van der Waals surface area contributed by atoms with Crippen LogP contribution in [0.15, 0.2) is 91.0 Å². The van der Waals surface area contributed by atoms with Crippen molar-refractivity contribution in [3.63, 3.8) is 0 Å². The van der Waals surface area contributed by atoms with Crippen LogP contribution in [0.5, 0.6) is 11.5 Å². The first-order chi connectivity index (χ1) is 11.7. The second kappa shape index (κ2) is 7.57. The summed E-state index contributed by atoms with van der Waals surface area (Å²) in [7, 11) is -3.71. The van der Waals surface area contributed by atoms with Gasteiger partial charge in [-0.1, -0.05) is 66.7 Å². The molecule has 0 aromatic heterocycles. The molecule has 24 heavy (non-hydrogen) atoms. The molecule has 0 bridgehead atoms. The third-order valence-corrected chi connectivity index (χ3v) is 6.06. The molecule has 0 radical (unpaired) electrons. The third kappa shape index (κ3) is 4.00. The zero-order valence-electron chi connectivity index (χ0n) is 12.8. The Morgan fingerprint density at radius 2 is 1.04 bits per heavy atom. The van der Waals surface area contributed by atoms with Crippen LogP contribution in [0.1, 0.15) is 10.7 Å². The van der Waals surface area contributed by atoms with E-state index >= 15 is 0 Å². The fourth-order valence-corrected chi connectivity index (χ4v) is 4.14. The smallest absolute Gasteiger partial charge is 0.415 e. The standard InChI is InChI=1S/C19H16ClO3P/c20-19(16-10-4-1-5-11-16)24(21,22-17-12-6-2-7-13-17)23-18-14-8-3-9-15-18/h1-15,19H. The minimum absolute atomic E-state index is 0.443. The Hall–Kier alpha value is -2.22. The second-order valence-electron chi connectivity index (χ2n) is 5.09. The van der Waals surface area contributed by atoms with Crippen LogP contribution >= 0.6 is 19.2 Å². The van der Waals surface area contributed by atoms with Crippen LogP contribution in [0.3, 0.4) is 0 Å². The van der Waals surface area contributed by atoms with Crippen molar-refractivity contribution < 1.29 is 13.6 Å². The normalized spacial score (nSPS) is 12.4. The van der Waals surface area contributed by atoms with E-state index in [9.17, 15) is 4.57 Å². The van der Waals surface area contributed by atoms with Crippen LogP contribution in [0, 0.1) is 0 Å². The van der Waals surface area contributed by atoms with Gasteiger partial charge in [0, 0.05) is 0 Å². The maximum absolute atomic E-state index is 13.5. The molecule has 0 heterocycles. The maximum Gasteiger partial charge on any atom is 0.452 e. The van der Waals surface area contributed by atoms with E-state index in [1.165, 1.54) is 0 Å². The van der Waals surface area contributed by atoms with E-state index < -0.39 is 12.7 Å². The van der Waals surface area contributed by atoms with Gasteiger partial charge in [0.05, 0.1) is 0 Å². The summed E-state index contributed by atoms with van der Waals surface area (Å²) < 4.78 is 24.9. The first-order valence-corrected chi connectivity index (χ1v) is 9.50. The van der Waals surface area contributed by atoms with Crippen LogP contribution in [0.2, 0.25) is 0 Å². The molecule has 0 aliphatic carbocycles. The van der Waals surface area contributed by atoms with E-state index in [-0.39, 0.29) is 0 Å². The van der Waals surface area contributed by atoms with E-state index in [1.54, 1.807) is 60.7 Å². The van der Waals surface area contributed by atoms with Gasteiger partial charge in [0.15, 0.2) is 5.12 Å². The van der Waals surface area contributed by atoms with Crippen molar-refractivity contribution in [1.29, 1.82) is 0 Å². The van der Waals surface area contributed by atoms with E-state index in [0.717, 1.165) is 0 Å². The van der Waals surface area contributed by atoms with Gasteiger partial charge in [-0.05, 0) is 29.8 Å². The average Bonchev–Trinajstić information content (AvgIpc) is 2.63. The Morgan fingerprint density at radius 1 is 0.667 bits per heavy atom. The van der Waals surface area contributed by atoms with Crippen molar-refractivity contribution in [2.24, 2.45) is 0 Å². The Kier molecular flexibility index (Phi) is 5.24. The lowest BCUT2D eigenvalue weighted by Crippen LogP contribution is -2.07. The molecule has 122 valence electrons. The van der Waals surface area contributed by atoms with Crippen LogP contribution in [0.25, 0.3) is 0 Å². The Labute approximate surface area is 146 Å². The van der Waals surface area contributed by atoms with Gasteiger partial charge in [-0.3, -0.25) is 0 Å². The first-order valence-electron chi connectivity index (χ1n) is 7.45. The van der Waals surface area contributed by atoms with Gasteiger partial charge in [-0.2, -0.15) is 0 Å². The maximum atomic E-state index is 13.5. The quantitative estimate of drug-likeness (QED) is 0.384. The molecule has 0 aliphatic heterocycles. The van der Waals surface area contributed by atoms with Gasteiger partial charge >= 0.3 is 7.60 Å². The number of benzene rings is 3. The molecule has 3 nitrogen and oxygen atoms in total. The molecule has 0 saturated carbocycles. The molecule has 3 aromatic carbocycles. The molecule has 3 aromatic rings. The molecule has 0 saturated heterocycles. The number of rotatable bonds is 6. The van der Waals surface area contributed by atoms with Crippen LogP contribution in [0.4, 0.5) is 0 Å². The SMILES string of the molecule is O=P(Oc1ccccc1)(Oc1ccccc1)C(Cl)c1ccccc1. The highest BCUT2D eigenvalue weighted by Crippen LogP contribution is 2.62. The largest absolute Gasteiger partial charge is 0.452 e. The number of halogens is 1. The molecule has 0 aliphatic rings. The number of alkyl halides is 1. The minimum Gasteiger partial charge on any atom is -0.415 e. The minimum atomic E-state index is -3.71. The highest BCUT2D eigenvalue weighted by atomic mass is 35.5. The van der Waals surface area contributed by atoms with Gasteiger partial charge < -0.3 is 9.05 Å². The summed E-state index contributed by atoms with van der Waals surface area (Å²) in [6.07, 6.45) is 0. The lowest BCUT2D eigenvalue weighted by molar-refractivity contribution is 0.383. The summed E-state index contributed by atoms with van der Waals surface area (Å²) in [6, 6.07) is 26.9. The van der Waals surface area contributed by atoms with Crippen molar-refractivity contribution in [1.82, 2.24) is 0 Å². The van der Waals surface area contributed by atoms with E-state index in [0.29, 0.717) is 17.1 Å². The zero-order chi connectivity index (χ0) is 16.8. The Morgan fingerprint density at radius 3 is 1.46 bits per heavy atom. The highest BCUT2D eigenvalue weighted by Gasteiger charge is 2.39. The molecule has 3 rings (SSSR count). The molecule has 1 unspecified atom stereocenters. The van der Waals surface area contributed by atoms with Crippen LogP contribution in [-0.4, -0.2) is 0 Å². The topological polar surface area (TPSA) is 35.5 Å². The molecular formula is C19H16ClO3P. The van der Waals surface area contributed by atoms with Crippen molar-refractivity contribution in [3.8, 4) is 11.5 Å². The second-order valence-corrected chi connectivity index (χ2v) is 7.80. The predicted molar refractivity (Wildman–Crippen MR) is 96.8 cm³/mol. The summed E-state index contributed by atoms with van der Waals surface area (Å²) in [5, 5.41) is -0.931. The van der Waals surface area contributed by atoms with Crippen molar-refractivity contribution in [3.05, 3.63) is 96.6 Å². The summed E-state index contributed by atoms with van der Waals surface area (Å²) in [6.45, 7) is 0. The zero-order valence-corrected chi connectivity index (χ0v) is 14.4. The van der Waals surface area contributed by atoms with Crippen molar-refractivity contribution >= 4 is 19.2 Å². The Bertz CT molecular complexity index is 764. The van der Waals surface area contributed by atoms with Gasteiger partial charge in [-0.25, -0.2) is 4.57 Å². The van der Waals surface area contributed by atoms with E-state index in [2.05, 4.69) is 0 Å². The molecule has 0 fully saturated rings. The van der Waals surface area contributed by atoms with Gasteiger partial charge in [-0.15, -0.1) is 11.6 Å². The summed E-state index contributed by atoms with van der Waals surface area (Å²) in [4.78, 5) is 0. The molecule has 0 N–H and O–H groups in total. The fourth-order valence-electron chi connectivity index (χ4n) is 2.16. The van der Waals surface area contributed by atoms with Gasteiger partial charge in [0.2, 0.25) is 0 Å². The average molecular weight is 359 g/mol. The van der Waals surface area contributed by atoms with Gasteiger partial charge in [0.25, 0.3) is 0 Å². The summed E-state index contributed by atoms with van der Waals surface area (Å²) in [5.74, 6) is 0.886. The van der Waals surface area contributed by atoms with Crippen molar-refractivity contribution in [2.75, 3.05) is 0 Å². The molecule has 5 heteroatoms. The number of hydrogen-bond acceptors (Lipinski definition) is 3. The number of hydrogen-bond donors (Lipinski definition) is 0.